The second-order valence-corrected chi connectivity index (χ2v) is 4.88. The van der Waals surface area contributed by atoms with E-state index in [4.69, 9.17) is 15.0 Å². The summed E-state index contributed by atoms with van der Waals surface area (Å²) >= 11 is 0. The number of esters is 1. The molecule has 0 atom stereocenters. The Morgan fingerprint density at radius 1 is 1.33 bits per heavy atom. The lowest BCUT2D eigenvalue weighted by Crippen LogP contribution is -2.10. The minimum atomic E-state index is -3.67. The Balaban J connectivity index is 0.000000494. The summed E-state index contributed by atoms with van der Waals surface area (Å²) in [4.78, 5) is 10.9. The standard InChI is InChI=1S/C10H13NO2.CH4O3S/c11-7-6-10(12)13-8-9-4-2-1-3-5-9;1-5(2,3)4/h1-5H,6-8,11H2;1H3,(H,2,3,4). The van der Waals surface area contributed by atoms with Gasteiger partial charge >= 0.3 is 5.97 Å². The Kier molecular flexibility index (Phi) is 7.93. The highest BCUT2D eigenvalue weighted by molar-refractivity contribution is 7.85. The van der Waals surface area contributed by atoms with E-state index in [1.165, 1.54) is 0 Å². The number of benzene rings is 1. The maximum absolute atomic E-state index is 10.9. The van der Waals surface area contributed by atoms with Gasteiger partial charge < -0.3 is 10.5 Å². The first-order valence-electron chi connectivity index (χ1n) is 5.15. The number of nitrogens with two attached hydrogens (primary N) is 1. The number of hydrogen-bond donors (Lipinski definition) is 2. The van der Waals surface area contributed by atoms with Gasteiger partial charge in [0, 0.05) is 6.54 Å². The summed E-state index contributed by atoms with van der Waals surface area (Å²) < 4.78 is 30.8. The summed E-state index contributed by atoms with van der Waals surface area (Å²) in [6.07, 6.45) is 1.000. The van der Waals surface area contributed by atoms with Crippen molar-refractivity contribution in [3.63, 3.8) is 0 Å². The van der Waals surface area contributed by atoms with E-state index in [-0.39, 0.29) is 12.4 Å². The molecule has 0 aliphatic heterocycles. The Morgan fingerprint density at radius 2 is 1.83 bits per heavy atom. The zero-order valence-electron chi connectivity index (χ0n) is 10.1. The molecule has 0 unspecified atom stereocenters. The molecule has 1 aromatic rings. The van der Waals surface area contributed by atoms with Crippen molar-refractivity contribution in [2.45, 2.75) is 13.0 Å². The third kappa shape index (κ3) is 12.6. The lowest BCUT2D eigenvalue weighted by atomic mass is 10.2. The molecule has 102 valence electrons. The Labute approximate surface area is 107 Å². The van der Waals surface area contributed by atoms with Gasteiger partial charge in [0.2, 0.25) is 0 Å². The van der Waals surface area contributed by atoms with Crippen molar-refractivity contribution < 1.29 is 22.5 Å². The van der Waals surface area contributed by atoms with E-state index in [9.17, 15) is 13.2 Å². The van der Waals surface area contributed by atoms with Gasteiger partial charge in [0.25, 0.3) is 10.1 Å². The smallest absolute Gasteiger partial charge is 0.307 e. The Morgan fingerprint density at radius 3 is 2.28 bits per heavy atom. The van der Waals surface area contributed by atoms with Crippen molar-refractivity contribution in [3.8, 4) is 0 Å². The molecule has 0 aliphatic rings. The topological polar surface area (TPSA) is 107 Å². The molecule has 0 aliphatic carbocycles. The van der Waals surface area contributed by atoms with Crippen LogP contribution in [0.25, 0.3) is 0 Å². The van der Waals surface area contributed by atoms with Crippen molar-refractivity contribution >= 4 is 16.1 Å². The van der Waals surface area contributed by atoms with Gasteiger partial charge in [-0.2, -0.15) is 8.42 Å². The van der Waals surface area contributed by atoms with Crippen LogP contribution in [0.3, 0.4) is 0 Å². The maximum Gasteiger partial charge on any atom is 0.307 e. The molecule has 3 N–H and O–H groups in total. The molecular weight excluding hydrogens is 258 g/mol. The van der Waals surface area contributed by atoms with E-state index in [0.717, 1.165) is 5.56 Å². The molecule has 0 spiro atoms. The third-order valence-corrected chi connectivity index (χ3v) is 1.59. The number of ether oxygens (including phenoxy) is 1. The summed E-state index contributed by atoms with van der Waals surface area (Å²) in [5, 5.41) is 0. The number of carbonyl (C=O) groups is 1. The van der Waals surface area contributed by atoms with Gasteiger partial charge in [0.1, 0.15) is 6.61 Å². The average Bonchev–Trinajstić information content (AvgIpc) is 2.26. The first-order chi connectivity index (χ1) is 8.33. The van der Waals surface area contributed by atoms with Crippen LogP contribution in [0.5, 0.6) is 0 Å². The van der Waals surface area contributed by atoms with Crippen LogP contribution in [0.4, 0.5) is 0 Å². The maximum atomic E-state index is 10.9. The Hall–Kier alpha value is -1.44. The van der Waals surface area contributed by atoms with Crippen molar-refractivity contribution in [1.29, 1.82) is 0 Å². The highest BCUT2D eigenvalue weighted by Gasteiger charge is 2.00. The van der Waals surface area contributed by atoms with E-state index >= 15 is 0 Å². The van der Waals surface area contributed by atoms with Crippen LogP contribution >= 0.6 is 0 Å². The number of hydrogen-bond acceptors (Lipinski definition) is 5. The van der Waals surface area contributed by atoms with Gasteiger partial charge in [0.15, 0.2) is 0 Å². The van der Waals surface area contributed by atoms with Crippen LogP contribution in [0, 0.1) is 0 Å². The normalized spacial score (nSPS) is 10.2. The minimum Gasteiger partial charge on any atom is -0.461 e. The fourth-order valence-electron chi connectivity index (χ4n) is 0.928. The predicted octanol–water partition coefficient (Wildman–Crippen LogP) is 0.583. The second kappa shape index (κ2) is 8.62. The summed E-state index contributed by atoms with van der Waals surface area (Å²) in [5.74, 6) is -0.244. The zero-order valence-corrected chi connectivity index (χ0v) is 10.9. The lowest BCUT2D eigenvalue weighted by Gasteiger charge is -2.02. The van der Waals surface area contributed by atoms with Gasteiger partial charge in [-0.05, 0) is 5.56 Å². The predicted molar refractivity (Wildman–Crippen MR) is 67.4 cm³/mol. The molecular formula is C11H17NO5S. The summed E-state index contributed by atoms with van der Waals surface area (Å²) in [7, 11) is -3.67. The van der Waals surface area contributed by atoms with Crippen molar-refractivity contribution in [2.24, 2.45) is 5.73 Å². The van der Waals surface area contributed by atoms with Crippen molar-refractivity contribution in [1.82, 2.24) is 0 Å². The molecule has 18 heavy (non-hydrogen) atoms. The fraction of sp³-hybridized carbons (Fsp3) is 0.364. The quantitative estimate of drug-likeness (QED) is 0.615. The molecule has 0 fully saturated rings. The van der Waals surface area contributed by atoms with Crippen molar-refractivity contribution in [3.05, 3.63) is 35.9 Å². The molecule has 0 radical (unpaired) electrons. The average molecular weight is 275 g/mol. The van der Waals surface area contributed by atoms with E-state index in [0.29, 0.717) is 19.4 Å². The largest absolute Gasteiger partial charge is 0.461 e. The molecule has 1 rings (SSSR count). The molecule has 7 heteroatoms. The zero-order chi connectivity index (χ0) is 14.0. The molecule has 0 saturated heterocycles. The van der Waals surface area contributed by atoms with Crippen LogP contribution < -0.4 is 5.73 Å². The summed E-state index contributed by atoms with van der Waals surface area (Å²) in [6.45, 7) is 0.674. The third-order valence-electron chi connectivity index (χ3n) is 1.59. The minimum absolute atomic E-state index is 0.244. The monoisotopic (exact) mass is 275 g/mol. The summed E-state index contributed by atoms with van der Waals surface area (Å²) in [6, 6.07) is 9.56. The lowest BCUT2D eigenvalue weighted by molar-refractivity contribution is -0.144. The van der Waals surface area contributed by atoms with Crippen LogP contribution in [0.1, 0.15) is 12.0 Å². The molecule has 0 heterocycles. The second-order valence-electron chi connectivity index (χ2n) is 3.42. The van der Waals surface area contributed by atoms with E-state index in [2.05, 4.69) is 0 Å². The van der Waals surface area contributed by atoms with Crippen LogP contribution in [-0.4, -0.2) is 31.7 Å². The molecule has 6 nitrogen and oxygen atoms in total. The van der Waals surface area contributed by atoms with Crippen LogP contribution in [0.2, 0.25) is 0 Å². The van der Waals surface area contributed by atoms with Gasteiger partial charge in [-0.15, -0.1) is 0 Å². The number of rotatable bonds is 4. The van der Waals surface area contributed by atoms with E-state index in [1.807, 2.05) is 30.3 Å². The van der Waals surface area contributed by atoms with Gasteiger partial charge in [-0.25, -0.2) is 0 Å². The molecule has 0 saturated carbocycles. The molecule has 0 amide bonds. The molecule has 1 aromatic carbocycles. The van der Waals surface area contributed by atoms with E-state index in [1.54, 1.807) is 0 Å². The van der Waals surface area contributed by atoms with Gasteiger partial charge in [-0.3, -0.25) is 9.35 Å². The SMILES string of the molecule is CS(=O)(=O)O.NCCC(=O)OCc1ccccc1. The van der Waals surface area contributed by atoms with Crippen LogP contribution in [-0.2, 0) is 26.3 Å². The highest BCUT2D eigenvalue weighted by Crippen LogP contribution is 2.00. The Bertz CT molecular complexity index is 436. The fourth-order valence-corrected chi connectivity index (χ4v) is 0.928. The van der Waals surface area contributed by atoms with Crippen molar-refractivity contribution in [2.75, 3.05) is 12.8 Å². The number of carbonyl (C=O) groups excluding carboxylic acids is 1. The molecule has 0 bridgehead atoms. The van der Waals surface area contributed by atoms with Gasteiger partial charge in [-0.1, -0.05) is 30.3 Å². The summed E-state index contributed by atoms with van der Waals surface area (Å²) in [5.41, 5.74) is 6.19. The first-order valence-corrected chi connectivity index (χ1v) is 7.00. The van der Waals surface area contributed by atoms with Gasteiger partial charge in [0.05, 0.1) is 12.7 Å². The van der Waals surface area contributed by atoms with E-state index < -0.39 is 10.1 Å². The first kappa shape index (κ1) is 16.6. The molecule has 0 aromatic heterocycles. The van der Waals surface area contributed by atoms with Crippen LogP contribution in [0.15, 0.2) is 30.3 Å². The highest BCUT2D eigenvalue weighted by atomic mass is 32.2.